The van der Waals surface area contributed by atoms with E-state index < -0.39 is 10.8 Å². The van der Waals surface area contributed by atoms with Gasteiger partial charge in [-0.3, -0.25) is 4.21 Å². The van der Waals surface area contributed by atoms with Crippen LogP contribution >= 0.6 is 11.3 Å². The van der Waals surface area contributed by atoms with Gasteiger partial charge in [0.1, 0.15) is 5.01 Å². The van der Waals surface area contributed by atoms with Crippen molar-refractivity contribution in [2.45, 2.75) is 31.1 Å². The number of ether oxygens (including phenoxy) is 1. The smallest absolute Gasteiger partial charge is 0.106 e. The molecule has 0 bridgehead atoms. The van der Waals surface area contributed by atoms with E-state index in [1.165, 1.54) is 5.56 Å². The summed E-state index contributed by atoms with van der Waals surface area (Å²) in [7, 11) is -0.842. The number of rotatable bonds is 6. The van der Waals surface area contributed by atoms with Crippen molar-refractivity contribution < 1.29 is 8.95 Å². The van der Waals surface area contributed by atoms with Gasteiger partial charge in [0, 0.05) is 29.4 Å². The zero-order valence-electron chi connectivity index (χ0n) is 11.9. The molecule has 2 atom stereocenters. The van der Waals surface area contributed by atoms with Crippen molar-refractivity contribution in [3.8, 4) is 10.4 Å². The standard InChI is InChI=1S/C16H19NO2S2/c18-21(10-8-14-7-4-9-19-14)12-16-17-11-15(20-16)13-5-2-1-3-6-13/h1-3,5-6,11,14H,4,7-10,12H2/t14-,21+/m0/s1. The third-order valence-electron chi connectivity index (χ3n) is 3.59. The predicted octanol–water partition coefficient (Wildman–Crippen LogP) is 3.63. The first-order valence-electron chi connectivity index (χ1n) is 7.28. The van der Waals surface area contributed by atoms with E-state index in [4.69, 9.17) is 4.74 Å². The second-order valence-corrected chi connectivity index (χ2v) is 7.89. The van der Waals surface area contributed by atoms with Crippen LogP contribution in [0.2, 0.25) is 0 Å². The van der Waals surface area contributed by atoms with Gasteiger partial charge in [-0.2, -0.15) is 0 Å². The average molecular weight is 321 g/mol. The monoisotopic (exact) mass is 321 g/mol. The summed E-state index contributed by atoms with van der Waals surface area (Å²) >= 11 is 1.64. The summed E-state index contributed by atoms with van der Waals surface area (Å²) < 4.78 is 17.7. The Bertz CT molecular complexity index is 591. The van der Waals surface area contributed by atoms with Crippen LogP contribution in [0.15, 0.2) is 36.5 Å². The van der Waals surface area contributed by atoms with E-state index in [0.29, 0.717) is 17.6 Å². The van der Waals surface area contributed by atoms with Gasteiger partial charge < -0.3 is 4.74 Å². The van der Waals surface area contributed by atoms with Gasteiger partial charge in [-0.1, -0.05) is 30.3 Å². The third kappa shape index (κ3) is 4.22. The van der Waals surface area contributed by atoms with E-state index >= 15 is 0 Å². The van der Waals surface area contributed by atoms with Crippen molar-refractivity contribution in [1.29, 1.82) is 0 Å². The minimum atomic E-state index is -0.842. The fraction of sp³-hybridized carbons (Fsp3) is 0.438. The molecule has 0 radical (unpaired) electrons. The van der Waals surface area contributed by atoms with E-state index in [1.807, 2.05) is 24.4 Å². The molecule has 0 unspecified atom stereocenters. The van der Waals surface area contributed by atoms with Gasteiger partial charge >= 0.3 is 0 Å². The number of aromatic nitrogens is 1. The molecule has 1 saturated heterocycles. The number of thiazole rings is 1. The van der Waals surface area contributed by atoms with Gasteiger partial charge in [0.2, 0.25) is 0 Å². The summed E-state index contributed by atoms with van der Waals surface area (Å²) in [6.45, 7) is 0.865. The van der Waals surface area contributed by atoms with Gasteiger partial charge in [0.05, 0.1) is 16.7 Å². The van der Waals surface area contributed by atoms with Gasteiger partial charge in [0.15, 0.2) is 0 Å². The van der Waals surface area contributed by atoms with Crippen LogP contribution in [-0.2, 0) is 21.3 Å². The Morgan fingerprint density at radius 1 is 1.33 bits per heavy atom. The van der Waals surface area contributed by atoms with Crippen molar-refractivity contribution in [1.82, 2.24) is 4.98 Å². The second kappa shape index (κ2) is 7.29. The lowest BCUT2D eigenvalue weighted by Gasteiger charge is -2.07. The minimum Gasteiger partial charge on any atom is -0.378 e. The van der Waals surface area contributed by atoms with Crippen LogP contribution < -0.4 is 0 Å². The molecule has 2 heterocycles. The van der Waals surface area contributed by atoms with Gasteiger partial charge in [-0.15, -0.1) is 11.3 Å². The predicted molar refractivity (Wildman–Crippen MR) is 87.9 cm³/mol. The van der Waals surface area contributed by atoms with Crippen LogP contribution in [0.5, 0.6) is 0 Å². The van der Waals surface area contributed by atoms with Gasteiger partial charge in [-0.05, 0) is 24.8 Å². The Kier molecular flexibility index (Phi) is 5.17. The van der Waals surface area contributed by atoms with Crippen molar-refractivity contribution >= 4 is 22.1 Å². The first kappa shape index (κ1) is 14.9. The highest BCUT2D eigenvalue weighted by Crippen LogP contribution is 2.26. The maximum Gasteiger partial charge on any atom is 0.106 e. The molecule has 3 rings (SSSR count). The summed E-state index contributed by atoms with van der Waals surface area (Å²) in [5, 5.41) is 0.958. The Labute approximate surface area is 131 Å². The van der Waals surface area contributed by atoms with E-state index in [9.17, 15) is 4.21 Å². The third-order valence-corrected chi connectivity index (χ3v) is 6.10. The van der Waals surface area contributed by atoms with Gasteiger partial charge in [0.25, 0.3) is 0 Å². The number of hydrogen-bond donors (Lipinski definition) is 0. The molecule has 1 fully saturated rings. The molecule has 1 aromatic carbocycles. The van der Waals surface area contributed by atoms with Gasteiger partial charge in [-0.25, -0.2) is 4.98 Å². The fourth-order valence-electron chi connectivity index (χ4n) is 2.46. The molecule has 0 amide bonds. The van der Waals surface area contributed by atoms with Crippen LogP contribution in [0.25, 0.3) is 10.4 Å². The largest absolute Gasteiger partial charge is 0.378 e. The highest BCUT2D eigenvalue weighted by atomic mass is 32.2. The molecular weight excluding hydrogens is 302 g/mol. The Morgan fingerprint density at radius 2 is 2.19 bits per heavy atom. The van der Waals surface area contributed by atoms with Crippen molar-refractivity contribution in [3.63, 3.8) is 0 Å². The molecule has 1 aliphatic heterocycles. The lowest BCUT2D eigenvalue weighted by Crippen LogP contribution is -2.11. The first-order valence-corrected chi connectivity index (χ1v) is 9.58. The number of benzene rings is 1. The molecule has 21 heavy (non-hydrogen) atoms. The van der Waals surface area contributed by atoms with Crippen LogP contribution in [0.1, 0.15) is 24.3 Å². The molecule has 1 aromatic heterocycles. The van der Waals surface area contributed by atoms with Crippen LogP contribution in [-0.4, -0.2) is 27.7 Å². The summed E-state index contributed by atoms with van der Waals surface area (Å²) in [6.07, 6.45) is 5.37. The van der Waals surface area contributed by atoms with Crippen LogP contribution in [0.4, 0.5) is 0 Å². The Hall–Kier alpha value is -1.04. The second-order valence-electron chi connectivity index (χ2n) is 5.20. The fourth-order valence-corrected chi connectivity index (χ4v) is 4.83. The first-order chi connectivity index (χ1) is 10.3. The number of nitrogens with zero attached hydrogens (tertiary/aromatic N) is 1. The molecule has 3 nitrogen and oxygen atoms in total. The molecule has 0 aliphatic carbocycles. The minimum absolute atomic E-state index is 0.324. The maximum atomic E-state index is 12.1. The molecular formula is C16H19NO2S2. The highest BCUT2D eigenvalue weighted by Gasteiger charge is 2.17. The molecule has 0 saturated carbocycles. The zero-order chi connectivity index (χ0) is 14.5. The van der Waals surface area contributed by atoms with E-state index in [0.717, 1.165) is 35.8 Å². The molecule has 112 valence electrons. The maximum absolute atomic E-state index is 12.1. The average Bonchev–Trinajstić information content (AvgIpc) is 3.17. The summed E-state index contributed by atoms with van der Waals surface area (Å²) in [4.78, 5) is 5.55. The van der Waals surface area contributed by atoms with Crippen molar-refractivity contribution in [2.75, 3.05) is 12.4 Å². The van der Waals surface area contributed by atoms with Crippen LogP contribution in [0.3, 0.4) is 0 Å². The molecule has 1 aliphatic rings. The normalized spacial score (nSPS) is 19.7. The lowest BCUT2D eigenvalue weighted by atomic mass is 10.2. The highest BCUT2D eigenvalue weighted by molar-refractivity contribution is 7.84. The van der Waals surface area contributed by atoms with E-state index in [2.05, 4.69) is 17.1 Å². The van der Waals surface area contributed by atoms with Crippen molar-refractivity contribution in [3.05, 3.63) is 41.5 Å². The zero-order valence-corrected chi connectivity index (χ0v) is 13.5. The number of hydrogen-bond acceptors (Lipinski definition) is 4. The SMILES string of the molecule is O=[S@](CC[C@@H]1CCCO1)Cc1ncc(-c2ccccc2)s1. The molecule has 2 aromatic rings. The summed E-state index contributed by atoms with van der Waals surface area (Å²) in [5.41, 5.74) is 1.17. The van der Waals surface area contributed by atoms with E-state index in [1.54, 1.807) is 11.3 Å². The summed E-state index contributed by atoms with van der Waals surface area (Å²) in [5.74, 6) is 1.27. The van der Waals surface area contributed by atoms with E-state index in [-0.39, 0.29) is 0 Å². The molecule has 5 heteroatoms. The molecule has 0 N–H and O–H groups in total. The van der Waals surface area contributed by atoms with Crippen molar-refractivity contribution in [2.24, 2.45) is 0 Å². The van der Waals surface area contributed by atoms with Crippen LogP contribution in [0, 0.1) is 0 Å². The Balaban J connectivity index is 1.53. The quantitative estimate of drug-likeness (QED) is 0.815. The summed E-state index contributed by atoms with van der Waals surface area (Å²) in [6, 6.07) is 10.2. The molecule has 0 spiro atoms. The topological polar surface area (TPSA) is 39.2 Å². The Morgan fingerprint density at radius 3 is 2.95 bits per heavy atom. The lowest BCUT2D eigenvalue weighted by molar-refractivity contribution is 0.109.